The molecule has 1 aliphatic heterocycles. The van der Waals surface area contributed by atoms with Crippen LogP contribution in [0.4, 0.5) is 5.69 Å². The number of nitrogens with one attached hydrogen (secondary N) is 1. The second-order valence-electron chi connectivity index (χ2n) is 6.10. The third-order valence-corrected chi connectivity index (χ3v) is 4.43. The third kappa shape index (κ3) is 3.99. The van der Waals surface area contributed by atoms with Crippen molar-refractivity contribution in [3.63, 3.8) is 0 Å². The number of hydrogen-bond donors (Lipinski definition) is 1. The number of methoxy groups -OCH3 is 1. The van der Waals surface area contributed by atoms with E-state index in [9.17, 15) is 9.59 Å². The van der Waals surface area contributed by atoms with Crippen LogP contribution >= 0.6 is 0 Å². The zero-order valence-electron chi connectivity index (χ0n) is 14.3. The molecule has 2 aromatic carbocycles. The van der Waals surface area contributed by atoms with Gasteiger partial charge in [0.15, 0.2) is 0 Å². The van der Waals surface area contributed by atoms with Gasteiger partial charge in [-0.25, -0.2) is 0 Å². The van der Waals surface area contributed by atoms with Gasteiger partial charge < -0.3 is 15.0 Å². The Morgan fingerprint density at radius 3 is 2.64 bits per heavy atom. The minimum absolute atomic E-state index is 0.0484. The maximum Gasteiger partial charge on any atom is 0.227 e. The number of para-hydroxylation sites is 2. The van der Waals surface area contributed by atoms with Crippen LogP contribution < -0.4 is 15.0 Å². The molecule has 0 bridgehead atoms. The van der Waals surface area contributed by atoms with Gasteiger partial charge in [-0.1, -0.05) is 42.5 Å². The molecule has 0 saturated carbocycles. The highest BCUT2D eigenvalue weighted by Gasteiger charge is 2.35. The topological polar surface area (TPSA) is 58.6 Å². The molecule has 130 valence electrons. The fourth-order valence-electron chi connectivity index (χ4n) is 3.09. The summed E-state index contributed by atoms with van der Waals surface area (Å²) in [4.78, 5) is 26.4. The van der Waals surface area contributed by atoms with E-state index in [4.69, 9.17) is 4.74 Å². The van der Waals surface area contributed by atoms with E-state index in [0.717, 1.165) is 12.1 Å². The lowest BCUT2D eigenvalue weighted by Crippen LogP contribution is -2.34. The Labute approximate surface area is 147 Å². The number of carbonyl (C=O) groups excluding carboxylic acids is 2. The van der Waals surface area contributed by atoms with E-state index < -0.39 is 0 Å². The molecule has 5 nitrogen and oxygen atoms in total. The van der Waals surface area contributed by atoms with Gasteiger partial charge in [-0.2, -0.15) is 0 Å². The molecule has 0 aliphatic carbocycles. The van der Waals surface area contributed by atoms with Gasteiger partial charge in [0.25, 0.3) is 0 Å². The van der Waals surface area contributed by atoms with E-state index >= 15 is 0 Å². The molecule has 1 aliphatic rings. The Balaban J connectivity index is 1.57. The molecule has 1 atom stereocenters. The Bertz CT molecular complexity index is 746. The predicted molar refractivity (Wildman–Crippen MR) is 96.6 cm³/mol. The number of benzene rings is 2. The first-order valence-corrected chi connectivity index (χ1v) is 8.44. The fraction of sp³-hybridized carbons (Fsp3) is 0.300. The van der Waals surface area contributed by atoms with Crippen LogP contribution in [0.1, 0.15) is 12.0 Å². The minimum atomic E-state index is -0.326. The van der Waals surface area contributed by atoms with Crippen LogP contribution in [0, 0.1) is 5.92 Å². The quantitative estimate of drug-likeness (QED) is 0.880. The SMILES string of the molecule is COc1ccccc1N1CC(C(=O)NCCc2ccccc2)CC1=O. The molecule has 25 heavy (non-hydrogen) atoms. The van der Waals surface area contributed by atoms with E-state index in [2.05, 4.69) is 5.32 Å². The minimum Gasteiger partial charge on any atom is -0.495 e. The summed E-state index contributed by atoms with van der Waals surface area (Å²) in [6, 6.07) is 17.4. The Morgan fingerprint density at radius 1 is 1.16 bits per heavy atom. The molecule has 5 heteroatoms. The van der Waals surface area contributed by atoms with Gasteiger partial charge in [-0.05, 0) is 24.1 Å². The van der Waals surface area contributed by atoms with Crippen LogP contribution in [0.3, 0.4) is 0 Å². The van der Waals surface area contributed by atoms with Gasteiger partial charge in [0.05, 0.1) is 18.7 Å². The number of carbonyl (C=O) groups is 2. The smallest absolute Gasteiger partial charge is 0.227 e. The first-order chi connectivity index (χ1) is 12.2. The van der Waals surface area contributed by atoms with Crippen LogP contribution in [0.2, 0.25) is 0 Å². The summed E-state index contributed by atoms with van der Waals surface area (Å²) in [6.45, 7) is 0.957. The maximum absolute atomic E-state index is 12.4. The van der Waals surface area contributed by atoms with Crippen LogP contribution in [0.25, 0.3) is 0 Å². The zero-order valence-corrected chi connectivity index (χ0v) is 14.3. The van der Waals surface area contributed by atoms with Gasteiger partial charge >= 0.3 is 0 Å². The Morgan fingerprint density at radius 2 is 1.88 bits per heavy atom. The van der Waals surface area contributed by atoms with Crippen molar-refractivity contribution in [3.8, 4) is 5.75 Å². The zero-order chi connectivity index (χ0) is 17.6. The first kappa shape index (κ1) is 17.0. The van der Waals surface area contributed by atoms with Gasteiger partial charge in [0, 0.05) is 19.5 Å². The second-order valence-corrected chi connectivity index (χ2v) is 6.10. The van der Waals surface area contributed by atoms with Crippen LogP contribution in [-0.2, 0) is 16.0 Å². The molecule has 1 fully saturated rings. The van der Waals surface area contributed by atoms with Gasteiger partial charge in [0.2, 0.25) is 11.8 Å². The molecule has 2 amide bonds. The molecular formula is C20H22N2O3. The van der Waals surface area contributed by atoms with Gasteiger partial charge in [-0.3, -0.25) is 9.59 Å². The van der Waals surface area contributed by atoms with Crippen molar-refractivity contribution in [2.45, 2.75) is 12.8 Å². The standard InChI is InChI=1S/C20H22N2O3/c1-25-18-10-6-5-9-17(18)22-14-16(13-19(22)23)20(24)21-12-11-15-7-3-2-4-8-15/h2-10,16H,11-14H2,1H3,(H,21,24). The summed E-state index contributed by atoms with van der Waals surface area (Å²) in [5.74, 6) is 0.198. The largest absolute Gasteiger partial charge is 0.495 e. The van der Waals surface area contributed by atoms with Crippen LogP contribution in [-0.4, -0.2) is 32.0 Å². The molecule has 0 radical (unpaired) electrons. The Kier molecular flexibility index (Phi) is 5.33. The predicted octanol–water partition coefficient (Wildman–Crippen LogP) is 2.41. The summed E-state index contributed by atoms with van der Waals surface area (Å²) in [6.07, 6.45) is 1.01. The molecule has 1 heterocycles. The van der Waals surface area contributed by atoms with E-state index in [-0.39, 0.29) is 24.2 Å². The first-order valence-electron chi connectivity index (χ1n) is 8.44. The molecule has 1 saturated heterocycles. The fourth-order valence-corrected chi connectivity index (χ4v) is 3.09. The highest BCUT2D eigenvalue weighted by molar-refractivity contribution is 6.01. The van der Waals surface area contributed by atoms with Crippen molar-refractivity contribution in [1.29, 1.82) is 0 Å². The summed E-state index contributed by atoms with van der Waals surface area (Å²) in [5.41, 5.74) is 1.90. The second kappa shape index (κ2) is 7.83. The Hall–Kier alpha value is -2.82. The summed E-state index contributed by atoms with van der Waals surface area (Å²) in [5, 5.41) is 2.95. The molecule has 3 rings (SSSR count). The molecule has 2 aromatic rings. The number of anilines is 1. The van der Waals surface area contributed by atoms with E-state index in [0.29, 0.717) is 18.8 Å². The van der Waals surface area contributed by atoms with Crippen LogP contribution in [0.15, 0.2) is 54.6 Å². The lowest BCUT2D eigenvalue weighted by atomic mass is 10.1. The molecule has 1 N–H and O–H groups in total. The number of rotatable bonds is 6. The van der Waals surface area contributed by atoms with Gasteiger partial charge in [-0.15, -0.1) is 0 Å². The number of ether oxygens (including phenoxy) is 1. The maximum atomic E-state index is 12.4. The van der Waals surface area contributed by atoms with E-state index in [1.807, 2.05) is 54.6 Å². The highest BCUT2D eigenvalue weighted by atomic mass is 16.5. The molecule has 0 aromatic heterocycles. The monoisotopic (exact) mass is 338 g/mol. The third-order valence-electron chi connectivity index (χ3n) is 4.43. The summed E-state index contributed by atoms with van der Waals surface area (Å²) in [7, 11) is 1.58. The number of hydrogen-bond acceptors (Lipinski definition) is 3. The molecule has 1 unspecified atom stereocenters. The average Bonchev–Trinajstić information content (AvgIpc) is 3.04. The molecule has 0 spiro atoms. The highest BCUT2D eigenvalue weighted by Crippen LogP contribution is 2.32. The van der Waals surface area contributed by atoms with Crippen LogP contribution in [0.5, 0.6) is 5.75 Å². The summed E-state index contributed by atoms with van der Waals surface area (Å²) >= 11 is 0. The van der Waals surface area contributed by atoms with Crippen molar-refractivity contribution in [2.75, 3.05) is 25.1 Å². The van der Waals surface area contributed by atoms with Crippen molar-refractivity contribution < 1.29 is 14.3 Å². The number of amides is 2. The number of nitrogens with zero attached hydrogens (tertiary/aromatic N) is 1. The average molecular weight is 338 g/mol. The molecular weight excluding hydrogens is 316 g/mol. The van der Waals surface area contributed by atoms with Gasteiger partial charge in [0.1, 0.15) is 5.75 Å². The lowest BCUT2D eigenvalue weighted by molar-refractivity contribution is -0.126. The van der Waals surface area contributed by atoms with Crippen molar-refractivity contribution >= 4 is 17.5 Å². The lowest BCUT2D eigenvalue weighted by Gasteiger charge is -2.19. The van der Waals surface area contributed by atoms with E-state index in [1.54, 1.807) is 12.0 Å². The van der Waals surface area contributed by atoms with E-state index in [1.165, 1.54) is 5.56 Å². The van der Waals surface area contributed by atoms with Crippen molar-refractivity contribution in [1.82, 2.24) is 5.32 Å². The van der Waals surface area contributed by atoms with Crippen molar-refractivity contribution in [2.24, 2.45) is 5.92 Å². The summed E-state index contributed by atoms with van der Waals surface area (Å²) < 4.78 is 5.32. The van der Waals surface area contributed by atoms with Crippen molar-refractivity contribution in [3.05, 3.63) is 60.2 Å². The normalized spacial score (nSPS) is 16.8.